The third kappa shape index (κ3) is 3.17. The van der Waals surface area contributed by atoms with Crippen molar-refractivity contribution in [3.8, 4) is 16.9 Å². The van der Waals surface area contributed by atoms with Gasteiger partial charge in [0.1, 0.15) is 5.75 Å². The van der Waals surface area contributed by atoms with Gasteiger partial charge in [0, 0.05) is 5.39 Å². The number of hydrogen-bond donors (Lipinski definition) is 1. The predicted octanol–water partition coefficient (Wildman–Crippen LogP) is 5.41. The van der Waals surface area contributed by atoms with E-state index >= 15 is 0 Å². The monoisotopic (exact) mass is 326 g/mol. The lowest BCUT2D eigenvalue weighted by Crippen LogP contribution is -1.84. The van der Waals surface area contributed by atoms with Crippen molar-refractivity contribution in [1.82, 2.24) is 10.2 Å². The second-order valence-electron chi connectivity index (χ2n) is 5.85. The first-order valence-corrected chi connectivity index (χ1v) is 8.19. The first-order chi connectivity index (χ1) is 12.3. The van der Waals surface area contributed by atoms with E-state index in [9.17, 15) is 0 Å². The van der Waals surface area contributed by atoms with E-state index in [2.05, 4.69) is 52.7 Å². The molecule has 0 amide bonds. The maximum Gasteiger partial charge on any atom is 0.119 e. The number of aromatic nitrogens is 2. The van der Waals surface area contributed by atoms with Crippen LogP contribution in [0.25, 0.3) is 34.2 Å². The van der Waals surface area contributed by atoms with Gasteiger partial charge < -0.3 is 4.74 Å². The van der Waals surface area contributed by atoms with Crippen molar-refractivity contribution in [3.63, 3.8) is 0 Å². The lowest BCUT2D eigenvalue weighted by atomic mass is 10.0. The highest BCUT2D eigenvalue weighted by Gasteiger charge is 2.06. The van der Waals surface area contributed by atoms with Crippen LogP contribution in [-0.2, 0) is 0 Å². The molecule has 3 nitrogen and oxygen atoms in total. The normalized spacial score (nSPS) is 11.2. The Morgan fingerprint density at radius 1 is 0.840 bits per heavy atom. The number of aromatic amines is 1. The zero-order chi connectivity index (χ0) is 17.1. The number of rotatable bonds is 4. The molecule has 0 fully saturated rings. The molecule has 25 heavy (non-hydrogen) atoms. The number of fused-ring (bicyclic) bond motifs is 1. The van der Waals surface area contributed by atoms with E-state index < -0.39 is 0 Å². The zero-order valence-electron chi connectivity index (χ0n) is 13.9. The molecule has 0 saturated carbocycles. The average Bonchev–Trinajstić information content (AvgIpc) is 3.09. The molecule has 0 saturated heterocycles. The van der Waals surface area contributed by atoms with Crippen LogP contribution in [0.3, 0.4) is 0 Å². The Balaban J connectivity index is 1.68. The summed E-state index contributed by atoms with van der Waals surface area (Å²) < 4.78 is 5.31. The van der Waals surface area contributed by atoms with E-state index in [0.29, 0.717) is 0 Å². The topological polar surface area (TPSA) is 37.9 Å². The summed E-state index contributed by atoms with van der Waals surface area (Å²) in [5.41, 5.74) is 5.38. The molecule has 0 aliphatic carbocycles. The van der Waals surface area contributed by atoms with Gasteiger partial charge in [-0.15, -0.1) is 0 Å². The molecule has 4 aromatic rings. The van der Waals surface area contributed by atoms with Crippen molar-refractivity contribution >= 4 is 23.1 Å². The Labute approximate surface area is 146 Å². The largest absolute Gasteiger partial charge is 0.497 e. The second kappa shape index (κ2) is 6.65. The van der Waals surface area contributed by atoms with Crippen LogP contribution in [0.2, 0.25) is 0 Å². The standard InChI is InChI=1S/C22H18N2O/c1-25-19-9-5-8-17(14-19)18-11-12-20-21(23-24-22(20)15-18)13-10-16-6-3-2-4-7-16/h2-15H,1H3,(H,23,24). The van der Waals surface area contributed by atoms with Crippen LogP contribution in [0.5, 0.6) is 5.75 Å². The van der Waals surface area contributed by atoms with Crippen molar-refractivity contribution in [2.75, 3.05) is 7.11 Å². The molecule has 0 unspecified atom stereocenters. The van der Waals surface area contributed by atoms with Gasteiger partial charge >= 0.3 is 0 Å². The summed E-state index contributed by atoms with van der Waals surface area (Å²) in [5.74, 6) is 0.855. The molecule has 0 atom stereocenters. The molecular formula is C22H18N2O. The maximum atomic E-state index is 5.31. The Bertz CT molecular complexity index is 1030. The smallest absolute Gasteiger partial charge is 0.119 e. The Kier molecular flexibility index (Phi) is 4.05. The van der Waals surface area contributed by atoms with Crippen molar-refractivity contribution in [2.24, 2.45) is 0 Å². The minimum atomic E-state index is 0.855. The molecule has 3 heteroatoms. The van der Waals surface area contributed by atoms with E-state index in [1.54, 1.807) is 7.11 Å². The van der Waals surface area contributed by atoms with Gasteiger partial charge in [0.15, 0.2) is 0 Å². The predicted molar refractivity (Wildman–Crippen MR) is 103 cm³/mol. The van der Waals surface area contributed by atoms with Gasteiger partial charge in [-0.2, -0.15) is 5.10 Å². The highest BCUT2D eigenvalue weighted by molar-refractivity contribution is 5.92. The maximum absolute atomic E-state index is 5.31. The first-order valence-electron chi connectivity index (χ1n) is 8.19. The summed E-state index contributed by atoms with van der Waals surface area (Å²) in [5, 5.41) is 8.68. The van der Waals surface area contributed by atoms with Gasteiger partial charge in [-0.05, 0) is 47.0 Å². The summed E-state index contributed by atoms with van der Waals surface area (Å²) in [6.07, 6.45) is 4.12. The molecule has 1 aromatic heterocycles. The van der Waals surface area contributed by atoms with Gasteiger partial charge in [-0.3, -0.25) is 5.10 Å². The van der Waals surface area contributed by atoms with Gasteiger partial charge in [0.2, 0.25) is 0 Å². The number of hydrogen-bond acceptors (Lipinski definition) is 2. The van der Waals surface area contributed by atoms with Crippen LogP contribution in [0.15, 0.2) is 72.8 Å². The molecule has 1 N–H and O–H groups in total. The molecule has 0 spiro atoms. The van der Waals surface area contributed by atoms with E-state index in [1.807, 2.05) is 42.5 Å². The van der Waals surface area contributed by atoms with Crippen molar-refractivity contribution < 1.29 is 4.74 Å². The SMILES string of the molecule is COc1cccc(-c2ccc3c(C=Cc4ccccc4)n[nH]c3c2)c1. The molecule has 0 radical (unpaired) electrons. The van der Waals surface area contributed by atoms with Crippen LogP contribution < -0.4 is 4.74 Å². The summed E-state index contributed by atoms with van der Waals surface area (Å²) in [6, 6.07) is 24.6. The average molecular weight is 326 g/mol. The number of nitrogens with zero attached hydrogens (tertiary/aromatic N) is 1. The summed E-state index contributed by atoms with van der Waals surface area (Å²) in [6.45, 7) is 0. The van der Waals surface area contributed by atoms with Gasteiger partial charge in [0.05, 0.1) is 18.3 Å². The lowest BCUT2D eigenvalue weighted by molar-refractivity contribution is 0.415. The Hall–Kier alpha value is -3.33. The minimum absolute atomic E-state index is 0.855. The van der Waals surface area contributed by atoms with E-state index in [-0.39, 0.29) is 0 Å². The molecular weight excluding hydrogens is 308 g/mol. The number of H-pyrrole nitrogens is 1. The van der Waals surface area contributed by atoms with Gasteiger partial charge in [-0.25, -0.2) is 0 Å². The molecule has 122 valence electrons. The fourth-order valence-electron chi connectivity index (χ4n) is 2.89. The third-order valence-corrected chi connectivity index (χ3v) is 4.23. The van der Waals surface area contributed by atoms with Crippen molar-refractivity contribution in [1.29, 1.82) is 0 Å². The van der Waals surface area contributed by atoms with Crippen molar-refractivity contribution in [2.45, 2.75) is 0 Å². The zero-order valence-corrected chi connectivity index (χ0v) is 13.9. The highest BCUT2D eigenvalue weighted by Crippen LogP contribution is 2.28. The van der Waals surface area contributed by atoms with E-state index in [0.717, 1.165) is 39.0 Å². The van der Waals surface area contributed by atoms with E-state index in [4.69, 9.17) is 4.74 Å². The summed E-state index contributed by atoms with van der Waals surface area (Å²) in [7, 11) is 1.68. The van der Waals surface area contributed by atoms with Crippen LogP contribution in [0.1, 0.15) is 11.3 Å². The van der Waals surface area contributed by atoms with Crippen LogP contribution >= 0.6 is 0 Å². The molecule has 0 aliphatic rings. The fourth-order valence-corrected chi connectivity index (χ4v) is 2.89. The van der Waals surface area contributed by atoms with Crippen LogP contribution in [-0.4, -0.2) is 17.3 Å². The fraction of sp³-hybridized carbons (Fsp3) is 0.0455. The Morgan fingerprint density at radius 3 is 2.52 bits per heavy atom. The molecule has 0 aliphatic heterocycles. The van der Waals surface area contributed by atoms with E-state index in [1.165, 1.54) is 0 Å². The molecule has 1 heterocycles. The number of benzene rings is 3. The third-order valence-electron chi connectivity index (χ3n) is 4.23. The molecule has 4 rings (SSSR count). The number of ether oxygens (including phenoxy) is 1. The number of methoxy groups -OCH3 is 1. The first kappa shape index (κ1) is 15.2. The summed E-state index contributed by atoms with van der Waals surface area (Å²) in [4.78, 5) is 0. The summed E-state index contributed by atoms with van der Waals surface area (Å²) >= 11 is 0. The lowest BCUT2D eigenvalue weighted by Gasteiger charge is -2.05. The molecule has 3 aromatic carbocycles. The van der Waals surface area contributed by atoms with Crippen LogP contribution in [0.4, 0.5) is 0 Å². The van der Waals surface area contributed by atoms with Gasteiger partial charge in [-0.1, -0.05) is 54.6 Å². The Morgan fingerprint density at radius 2 is 1.68 bits per heavy atom. The van der Waals surface area contributed by atoms with Crippen molar-refractivity contribution in [3.05, 3.63) is 84.1 Å². The molecule has 0 bridgehead atoms. The highest BCUT2D eigenvalue weighted by atomic mass is 16.5. The number of nitrogens with one attached hydrogen (secondary N) is 1. The second-order valence-corrected chi connectivity index (χ2v) is 5.85. The minimum Gasteiger partial charge on any atom is -0.497 e. The van der Waals surface area contributed by atoms with Gasteiger partial charge in [0.25, 0.3) is 0 Å². The van der Waals surface area contributed by atoms with Crippen LogP contribution in [0, 0.1) is 0 Å². The quantitative estimate of drug-likeness (QED) is 0.544.